The van der Waals surface area contributed by atoms with Crippen LogP contribution in [0.5, 0.6) is 0 Å². The summed E-state index contributed by atoms with van der Waals surface area (Å²) in [6.07, 6.45) is -2.30. The molecule has 3 nitrogen and oxygen atoms in total. The van der Waals surface area contributed by atoms with E-state index in [9.17, 15) is 13.2 Å². The standard InChI is InChI=1S/C14H20F3N3/c1-3-11(2)19-6-8-20(9-7-19)13-5-4-12(10-18-13)14(15,16)17/h4-5,10-11H,3,6-9H2,1-2H3. The van der Waals surface area contributed by atoms with Gasteiger partial charge in [0.25, 0.3) is 0 Å². The Morgan fingerprint density at radius 1 is 1.20 bits per heavy atom. The van der Waals surface area contributed by atoms with Gasteiger partial charge >= 0.3 is 6.18 Å². The Morgan fingerprint density at radius 3 is 2.30 bits per heavy atom. The van der Waals surface area contributed by atoms with Crippen LogP contribution in [0.3, 0.4) is 0 Å². The highest BCUT2D eigenvalue weighted by Gasteiger charge is 2.31. The third-order valence-corrected chi connectivity index (χ3v) is 3.93. The molecule has 0 N–H and O–H groups in total. The Labute approximate surface area is 117 Å². The van der Waals surface area contributed by atoms with Crippen molar-refractivity contribution >= 4 is 5.82 Å². The van der Waals surface area contributed by atoms with E-state index in [2.05, 4.69) is 23.7 Å². The van der Waals surface area contributed by atoms with Crippen molar-refractivity contribution in [1.29, 1.82) is 0 Å². The smallest absolute Gasteiger partial charge is 0.354 e. The van der Waals surface area contributed by atoms with Crippen molar-refractivity contribution in [1.82, 2.24) is 9.88 Å². The summed E-state index contributed by atoms with van der Waals surface area (Å²) in [7, 11) is 0. The first-order valence-corrected chi connectivity index (χ1v) is 6.94. The molecule has 1 saturated heterocycles. The second-order valence-electron chi connectivity index (χ2n) is 5.18. The van der Waals surface area contributed by atoms with Gasteiger partial charge in [-0.1, -0.05) is 6.92 Å². The summed E-state index contributed by atoms with van der Waals surface area (Å²) < 4.78 is 37.4. The number of hydrogen-bond donors (Lipinski definition) is 0. The van der Waals surface area contributed by atoms with Crippen LogP contribution in [0.2, 0.25) is 0 Å². The van der Waals surface area contributed by atoms with E-state index in [0.29, 0.717) is 11.9 Å². The average Bonchev–Trinajstić information content (AvgIpc) is 2.46. The number of hydrogen-bond acceptors (Lipinski definition) is 3. The largest absolute Gasteiger partial charge is 0.417 e. The summed E-state index contributed by atoms with van der Waals surface area (Å²) in [4.78, 5) is 8.39. The van der Waals surface area contributed by atoms with E-state index in [1.165, 1.54) is 6.07 Å². The predicted octanol–water partition coefficient (Wildman–Crippen LogP) is 3.02. The van der Waals surface area contributed by atoms with Crippen molar-refractivity contribution < 1.29 is 13.2 Å². The molecule has 0 aromatic carbocycles. The van der Waals surface area contributed by atoms with Gasteiger partial charge in [0.05, 0.1) is 5.56 Å². The first-order valence-electron chi connectivity index (χ1n) is 6.94. The first-order chi connectivity index (χ1) is 9.41. The lowest BCUT2D eigenvalue weighted by atomic mass is 10.2. The molecule has 1 aliphatic heterocycles. The molecule has 0 aliphatic carbocycles. The van der Waals surface area contributed by atoms with Gasteiger partial charge in [0.15, 0.2) is 0 Å². The molecule has 1 aromatic rings. The van der Waals surface area contributed by atoms with Gasteiger partial charge < -0.3 is 4.90 Å². The van der Waals surface area contributed by atoms with Gasteiger partial charge in [0.1, 0.15) is 5.82 Å². The van der Waals surface area contributed by atoms with Gasteiger partial charge in [-0.25, -0.2) is 4.98 Å². The van der Waals surface area contributed by atoms with Crippen molar-refractivity contribution in [2.24, 2.45) is 0 Å². The highest BCUT2D eigenvalue weighted by atomic mass is 19.4. The number of pyridine rings is 1. The second kappa shape index (κ2) is 5.99. The zero-order valence-electron chi connectivity index (χ0n) is 11.8. The lowest BCUT2D eigenvalue weighted by Crippen LogP contribution is -2.49. The Hall–Kier alpha value is -1.30. The van der Waals surface area contributed by atoms with Crippen LogP contribution < -0.4 is 4.90 Å². The first kappa shape index (κ1) is 15.1. The lowest BCUT2D eigenvalue weighted by Gasteiger charge is -2.38. The Bertz CT molecular complexity index is 422. The SMILES string of the molecule is CCC(C)N1CCN(c2ccc(C(F)(F)F)cn2)CC1. The summed E-state index contributed by atoms with van der Waals surface area (Å²) in [6.45, 7) is 7.83. The number of aromatic nitrogens is 1. The molecule has 2 rings (SSSR count). The van der Waals surface area contributed by atoms with E-state index in [0.717, 1.165) is 44.9 Å². The van der Waals surface area contributed by atoms with Gasteiger partial charge in [0, 0.05) is 38.4 Å². The number of nitrogens with zero attached hydrogens (tertiary/aromatic N) is 3. The van der Waals surface area contributed by atoms with Crippen LogP contribution in [0.1, 0.15) is 25.8 Å². The van der Waals surface area contributed by atoms with E-state index >= 15 is 0 Å². The molecular weight excluding hydrogens is 267 g/mol. The highest BCUT2D eigenvalue weighted by molar-refractivity contribution is 5.40. The molecule has 0 bridgehead atoms. The molecule has 1 unspecified atom stereocenters. The molecule has 1 atom stereocenters. The van der Waals surface area contributed by atoms with Crippen molar-refractivity contribution in [3.8, 4) is 0 Å². The zero-order chi connectivity index (χ0) is 14.8. The fourth-order valence-corrected chi connectivity index (χ4v) is 2.39. The van der Waals surface area contributed by atoms with Crippen molar-refractivity contribution in [3.05, 3.63) is 23.9 Å². The molecule has 112 valence electrons. The maximum absolute atomic E-state index is 12.5. The molecular formula is C14H20F3N3. The minimum atomic E-state index is -4.32. The van der Waals surface area contributed by atoms with Gasteiger partial charge in [0.2, 0.25) is 0 Å². The zero-order valence-corrected chi connectivity index (χ0v) is 11.8. The summed E-state index contributed by atoms with van der Waals surface area (Å²) >= 11 is 0. The van der Waals surface area contributed by atoms with Crippen molar-refractivity contribution in [3.63, 3.8) is 0 Å². The molecule has 0 amide bonds. The number of piperazine rings is 1. The minimum Gasteiger partial charge on any atom is -0.354 e. The Morgan fingerprint density at radius 2 is 1.85 bits per heavy atom. The second-order valence-corrected chi connectivity index (χ2v) is 5.18. The van der Waals surface area contributed by atoms with Gasteiger partial charge in [-0.15, -0.1) is 0 Å². The maximum atomic E-state index is 12.5. The summed E-state index contributed by atoms with van der Waals surface area (Å²) in [6, 6.07) is 3.11. The number of rotatable bonds is 3. The van der Waals surface area contributed by atoms with Crippen LogP contribution in [-0.4, -0.2) is 42.1 Å². The molecule has 0 radical (unpaired) electrons. The van der Waals surface area contributed by atoms with Gasteiger partial charge in [-0.3, -0.25) is 4.90 Å². The summed E-state index contributed by atoms with van der Waals surface area (Å²) in [5.41, 5.74) is -0.695. The van der Waals surface area contributed by atoms with E-state index in [4.69, 9.17) is 0 Å². The van der Waals surface area contributed by atoms with Crippen LogP contribution in [0.25, 0.3) is 0 Å². The topological polar surface area (TPSA) is 19.4 Å². The average molecular weight is 287 g/mol. The number of anilines is 1. The summed E-state index contributed by atoms with van der Waals surface area (Å²) in [5.74, 6) is 0.627. The monoisotopic (exact) mass is 287 g/mol. The van der Waals surface area contributed by atoms with E-state index in [-0.39, 0.29) is 0 Å². The van der Waals surface area contributed by atoms with Gasteiger partial charge in [-0.2, -0.15) is 13.2 Å². The quantitative estimate of drug-likeness (QED) is 0.852. The van der Waals surface area contributed by atoms with Crippen LogP contribution in [0.4, 0.5) is 19.0 Å². The van der Waals surface area contributed by atoms with Crippen LogP contribution in [-0.2, 0) is 6.18 Å². The molecule has 1 aromatic heterocycles. The normalized spacial score (nSPS) is 19.1. The third-order valence-electron chi connectivity index (χ3n) is 3.93. The lowest BCUT2D eigenvalue weighted by molar-refractivity contribution is -0.137. The highest BCUT2D eigenvalue weighted by Crippen LogP contribution is 2.29. The minimum absolute atomic E-state index is 0.553. The molecule has 1 aliphatic rings. The molecule has 0 saturated carbocycles. The van der Waals surface area contributed by atoms with Gasteiger partial charge in [-0.05, 0) is 25.5 Å². The van der Waals surface area contributed by atoms with Crippen LogP contribution in [0.15, 0.2) is 18.3 Å². The van der Waals surface area contributed by atoms with E-state index < -0.39 is 11.7 Å². The number of alkyl halides is 3. The Balaban J connectivity index is 1.97. The number of halogens is 3. The maximum Gasteiger partial charge on any atom is 0.417 e. The molecule has 1 fully saturated rings. The fraction of sp³-hybridized carbons (Fsp3) is 0.643. The predicted molar refractivity (Wildman–Crippen MR) is 72.8 cm³/mol. The Kier molecular flexibility index (Phi) is 4.52. The summed E-state index contributed by atoms with van der Waals surface area (Å²) in [5, 5.41) is 0. The third kappa shape index (κ3) is 3.42. The van der Waals surface area contributed by atoms with E-state index in [1.807, 2.05) is 4.90 Å². The molecule has 20 heavy (non-hydrogen) atoms. The van der Waals surface area contributed by atoms with Crippen LogP contribution >= 0.6 is 0 Å². The molecule has 6 heteroatoms. The fourth-order valence-electron chi connectivity index (χ4n) is 2.39. The molecule has 2 heterocycles. The van der Waals surface area contributed by atoms with E-state index in [1.54, 1.807) is 0 Å². The molecule has 0 spiro atoms. The van der Waals surface area contributed by atoms with Crippen molar-refractivity contribution in [2.45, 2.75) is 32.5 Å². The van der Waals surface area contributed by atoms with Crippen LogP contribution in [0, 0.1) is 0 Å². The van der Waals surface area contributed by atoms with Crippen molar-refractivity contribution in [2.75, 3.05) is 31.1 Å².